The van der Waals surface area contributed by atoms with Crippen LogP contribution in [0.3, 0.4) is 0 Å². The van der Waals surface area contributed by atoms with E-state index >= 15 is 0 Å². The van der Waals surface area contributed by atoms with Crippen molar-refractivity contribution in [3.63, 3.8) is 0 Å². The normalized spacial score (nSPS) is 27.1. The van der Waals surface area contributed by atoms with Gasteiger partial charge < -0.3 is 19.9 Å². The van der Waals surface area contributed by atoms with Crippen molar-refractivity contribution in [2.45, 2.75) is 57.7 Å². The van der Waals surface area contributed by atoms with Crippen molar-refractivity contribution in [1.29, 1.82) is 0 Å². The smallest absolute Gasteiger partial charge is 0.410 e. The molecule has 2 amide bonds. The lowest BCUT2D eigenvalue weighted by atomic mass is 10.0. The Hall–Kier alpha value is -1.30. The number of hydrogen-bond acceptors (Lipinski definition) is 4. The standard InChI is InChI=1S/C15H27N3O3/c1-15(2,3)21-14(20)18-8-5-6-11(10-18)16-12-7-9-17(4)13(12)19/h11-12,16H,5-10H2,1-4H3. The molecule has 2 heterocycles. The second-order valence-corrected chi connectivity index (χ2v) is 7.03. The molecule has 0 aromatic rings. The summed E-state index contributed by atoms with van der Waals surface area (Å²) < 4.78 is 5.42. The quantitative estimate of drug-likeness (QED) is 0.832. The maximum Gasteiger partial charge on any atom is 0.410 e. The maximum absolute atomic E-state index is 12.1. The van der Waals surface area contributed by atoms with Crippen molar-refractivity contribution >= 4 is 12.0 Å². The highest BCUT2D eigenvalue weighted by Gasteiger charge is 2.33. The molecule has 2 rings (SSSR count). The van der Waals surface area contributed by atoms with Crippen LogP contribution in [-0.2, 0) is 9.53 Å². The average molecular weight is 297 g/mol. The van der Waals surface area contributed by atoms with E-state index in [9.17, 15) is 9.59 Å². The molecule has 0 aromatic carbocycles. The van der Waals surface area contributed by atoms with Crippen molar-refractivity contribution in [3.8, 4) is 0 Å². The van der Waals surface area contributed by atoms with Gasteiger partial charge in [-0.15, -0.1) is 0 Å². The Morgan fingerprint density at radius 3 is 2.57 bits per heavy atom. The minimum atomic E-state index is -0.471. The molecule has 0 aliphatic carbocycles. The number of likely N-dealkylation sites (N-methyl/N-ethyl adjacent to an activating group) is 1. The zero-order chi connectivity index (χ0) is 15.6. The minimum absolute atomic E-state index is 0.0985. The molecule has 0 saturated carbocycles. The number of hydrogen-bond donors (Lipinski definition) is 1. The van der Waals surface area contributed by atoms with Gasteiger partial charge in [-0.05, 0) is 40.0 Å². The van der Waals surface area contributed by atoms with Gasteiger partial charge in [0, 0.05) is 32.7 Å². The molecule has 2 fully saturated rings. The van der Waals surface area contributed by atoms with E-state index in [1.165, 1.54) is 0 Å². The number of ether oxygens (including phenoxy) is 1. The van der Waals surface area contributed by atoms with Crippen molar-refractivity contribution < 1.29 is 14.3 Å². The molecule has 6 nitrogen and oxygen atoms in total. The van der Waals surface area contributed by atoms with E-state index in [1.54, 1.807) is 9.80 Å². The van der Waals surface area contributed by atoms with Crippen LogP contribution in [-0.4, -0.2) is 66.2 Å². The molecule has 6 heteroatoms. The molecule has 120 valence electrons. The molecule has 0 spiro atoms. The van der Waals surface area contributed by atoms with Crippen LogP contribution in [0, 0.1) is 0 Å². The van der Waals surface area contributed by atoms with Crippen molar-refractivity contribution in [2.24, 2.45) is 0 Å². The summed E-state index contributed by atoms with van der Waals surface area (Å²) in [5.41, 5.74) is -0.471. The zero-order valence-corrected chi connectivity index (χ0v) is 13.5. The number of piperidine rings is 1. The van der Waals surface area contributed by atoms with Crippen molar-refractivity contribution in [2.75, 3.05) is 26.7 Å². The molecular weight excluding hydrogens is 270 g/mol. The Morgan fingerprint density at radius 1 is 1.29 bits per heavy atom. The lowest BCUT2D eigenvalue weighted by Gasteiger charge is -2.35. The molecule has 1 N–H and O–H groups in total. The lowest BCUT2D eigenvalue weighted by molar-refractivity contribution is -0.128. The van der Waals surface area contributed by atoms with Crippen LogP contribution in [0.15, 0.2) is 0 Å². The first-order valence-electron chi connectivity index (χ1n) is 7.75. The van der Waals surface area contributed by atoms with Gasteiger partial charge >= 0.3 is 6.09 Å². The Balaban J connectivity index is 1.86. The summed E-state index contributed by atoms with van der Waals surface area (Å²) in [7, 11) is 1.83. The molecule has 2 aliphatic rings. The number of carbonyl (C=O) groups excluding carboxylic acids is 2. The van der Waals surface area contributed by atoms with E-state index in [1.807, 2.05) is 27.8 Å². The van der Waals surface area contributed by atoms with E-state index in [-0.39, 0.29) is 24.1 Å². The molecule has 2 unspecified atom stereocenters. The molecular formula is C15H27N3O3. The first kappa shape index (κ1) is 16.1. The van der Waals surface area contributed by atoms with Crippen LogP contribution in [0.2, 0.25) is 0 Å². The molecule has 2 aliphatic heterocycles. The fraction of sp³-hybridized carbons (Fsp3) is 0.867. The van der Waals surface area contributed by atoms with Crippen LogP contribution in [0.25, 0.3) is 0 Å². The molecule has 2 atom stereocenters. The number of nitrogens with one attached hydrogen (secondary N) is 1. The van der Waals surface area contributed by atoms with Gasteiger partial charge in [0.25, 0.3) is 0 Å². The summed E-state index contributed by atoms with van der Waals surface area (Å²) in [5.74, 6) is 0.157. The number of nitrogens with zero attached hydrogens (tertiary/aromatic N) is 2. The molecule has 0 aromatic heterocycles. The van der Waals surface area contributed by atoms with E-state index in [0.717, 1.165) is 32.4 Å². The topological polar surface area (TPSA) is 61.9 Å². The van der Waals surface area contributed by atoms with Gasteiger partial charge in [-0.2, -0.15) is 0 Å². The number of carbonyl (C=O) groups is 2. The first-order valence-corrected chi connectivity index (χ1v) is 7.75. The Morgan fingerprint density at radius 2 is 2.00 bits per heavy atom. The summed E-state index contributed by atoms with van der Waals surface area (Å²) in [6.07, 6.45) is 2.52. The predicted octanol–water partition coefficient (Wildman–Crippen LogP) is 1.21. The third kappa shape index (κ3) is 4.33. The summed E-state index contributed by atoms with van der Waals surface area (Å²) in [5, 5.41) is 3.41. The average Bonchev–Trinajstić information content (AvgIpc) is 2.69. The molecule has 21 heavy (non-hydrogen) atoms. The van der Waals surface area contributed by atoms with Crippen molar-refractivity contribution in [3.05, 3.63) is 0 Å². The Labute approximate surface area is 126 Å². The SMILES string of the molecule is CN1CCC(NC2CCCN(C(=O)OC(C)(C)C)C2)C1=O. The van der Waals surface area contributed by atoms with Gasteiger partial charge in [0.15, 0.2) is 0 Å². The van der Waals surface area contributed by atoms with Crippen LogP contribution in [0.1, 0.15) is 40.0 Å². The molecule has 0 radical (unpaired) electrons. The minimum Gasteiger partial charge on any atom is -0.444 e. The second-order valence-electron chi connectivity index (χ2n) is 7.03. The second kappa shape index (κ2) is 6.22. The van der Waals surface area contributed by atoms with Crippen LogP contribution < -0.4 is 5.32 Å². The van der Waals surface area contributed by atoms with Gasteiger partial charge in [0.1, 0.15) is 5.60 Å². The fourth-order valence-corrected chi connectivity index (χ4v) is 2.87. The van der Waals surface area contributed by atoms with Crippen LogP contribution in [0.4, 0.5) is 4.79 Å². The summed E-state index contributed by atoms with van der Waals surface area (Å²) >= 11 is 0. The van der Waals surface area contributed by atoms with E-state index in [2.05, 4.69) is 5.32 Å². The largest absolute Gasteiger partial charge is 0.444 e. The van der Waals surface area contributed by atoms with Crippen molar-refractivity contribution in [1.82, 2.24) is 15.1 Å². The van der Waals surface area contributed by atoms with Crippen LogP contribution in [0.5, 0.6) is 0 Å². The van der Waals surface area contributed by atoms with E-state index < -0.39 is 5.60 Å². The van der Waals surface area contributed by atoms with Gasteiger partial charge in [-0.1, -0.05) is 0 Å². The summed E-state index contributed by atoms with van der Waals surface area (Å²) in [6, 6.07) is 0.0744. The highest BCUT2D eigenvalue weighted by atomic mass is 16.6. The summed E-state index contributed by atoms with van der Waals surface area (Å²) in [4.78, 5) is 27.6. The maximum atomic E-state index is 12.1. The molecule has 2 saturated heterocycles. The van der Waals surface area contributed by atoms with Crippen LogP contribution >= 0.6 is 0 Å². The van der Waals surface area contributed by atoms with Gasteiger partial charge in [0.05, 0.1) is 6.04 Å². The first-order chi connectivity index (χ1) is 9.76. The van der Waals surface area contributed by atoms with E-state index in [4.69, 9.17) is 4.74 Å². The van der Waals surface area contributed by atoms with Gasteiger partial charge in [-0.25, -0.2) is 4.79 Å². The fourth-order valence-electron chi connectivity index (χ4n) is 2.87. The van der Waals surface area contributed by atoms with E-state index in [0.29, 0.717) is 6.54 Å². The third-order valence-electron chi connectivity index (χ3n) is 3.94. The monoisotopic (exact) mass is 297 g/mol. The summed E-state index contributed by atoms with van der Waals surface area (Å²) in [6.45, 7) is 7.76. The predicted molar refractivity (Wildman–Crippen MR) is 80.0 cm³/mol. The van der Waals surface area contributed by atoms with Gasteiger partial charge in [0.2, 0.25) is 5.91 Å². The highest BCUT2D eigenvalue weighted by Crippen LogP contribution is 2.17. The molecule has 0 bridgehead atoms. The Kier molecular flexibility index (Phi) is 4.76. The third-order valence-corrected chi connectivity index (χ3v) is 3.94. The van der Waals surface area contributed by atoms with Gasteiger partial charge in [-0.3, -0.25) is 4.79 Å². The highest BCUT2D eigenvalue weighted by molar-refractivity contribution is 5.83. The number of rotatable bonds is 2. The Bertz CT molecular complexity index is 405. The lowest BCUT2D eigenvalue weighted by Crippen LogP contribution is -2.53. The number of likely N-dealkylation sites (tertiary alicyclic amines) is 2. The number of amides is 2. The zero-order valence-electron chi connectivity index (χ0n) is 13.5.